The minimum absolute atomic E-state index is 0.638. The van der Waals surface area contributed by atoms with Crippen LogP contribution in [-0.4, -0.2) is 19.5 Å². The maximum absolute atomic E-state index is 6.29. The molecule has 0 saturated heterocycles. The fraction of sp³-hybridized carbons (Fsp3) is 0.125. The van der Waals surface area contributed by atoms with E-state index in [0.717, 1.165) is 33.3 Å². The van der Waals surface area contributed by atoms with E-state index in [-0.39, 0.29) is 0 Å². The van der Waals surface area contributed by atoms with Crippen molar-refractivity contribution in [2.45, 2.75) is 13.5 Å². The first-order valence-electron chi connectivity index (χ1n) is 6.85. The molecule has 0 aliphatic carbocycles. The van der Waals surface area contributed by atoms with Gasteiger partial charge < -0.3 is 9.55 Å². The molecule has 4 aromatic rings. The van der Waals surface area contributed by atoms with Crippen LogP contribution >= 0.6 is 23.2 Å². The van der Waals surface area contributed by atoms with Crippen LogP contribution in [0.15, 0.2) is 36.8 Å². The Kier molecular flexibility index (Phi) is 3.10. The van der Waals surface area contributed by atoms with Crippen LogP contribution in [0.4, 0.5) is 0 Å². The highest BCUT2D eigenvalue weighted by molar-refractivity contribution is 6.35. The first-order valence-corrected chi connectivity index (χ1v) is 7.61. The number of aromatic amines is 1. The summed E-state index contributed by atoms with van der Waals surface area (Å²) < 4.78 is 2.09. The molecule has 4 rings (SSSR count). The molecule has 4 aromatic heterocycles. The predicted octanol–water partition coefficient (Wildman–Crippen LogP) is 4.58. The molecular weight excluding hydrogens is 319 g/mol. The lowest BCUT2D eigenvalue weighted by Crippen LogP contribution is -2.00. The molecular formula is C16H12Cl2N4. The summed E-state index contributed by atoms with van der Waals surface area (Å²) in [7, 11) is 0. The third-order valence-electron chi connectivity index (χ3n) is 3.73. The molecule has 4 nitrogen and oxygen atoms in total. The summed E-state index contributed by atoms with van der Waals surface area (Å²) in [6.45, 7) is 2.61. The minimum Gasteiger partial charge on any atom is -0.345 e. The highest BCUT2D eigenvalue weighted by Crippen LogP contribution is 2.27. The molecule has 0 aliphatic heterocycles. The Morgan fingerprint density at radius 2 is 2.05 bits per heavy atom. The van der Waals surface area contributed by atoms with E-state index in [4.69, 9.17) is 23.2 Å². The lowest BCUT2D eigenvalue weighted by atomic mass is 10.2. The maximum atomic E-state index is 6.29. The van der Waals surface area contributed by atoms with E-state index in [1.807, 2.05) is 37.5 Å². The van der Waals surface area contributed by atoms with Crippen molar-refractivity contribution in [2.75, 3.05) is 0 Å². The zero-order valence-corrected chi connectivity index (χ0v) is 13.3. The molecule has 0 bridgehead atoms. The van der Waals surface area contributed by atoms with Gasteiger partial charge in [0.15, 0.2) is 0 Å². The lowest BCUT2D eigenvalue weighted by Gasteiger charge is -2.05. The number of pyridine rings is 2. The van der Waals surface area contributed by atoms with Gasteiger partial charge in [-0.1, -0.05) is 23.2 Å². The van der Waals surface area contributed by atoms with Crippen LogP contribution in [0.3, 0.4) is 0 Å². The quantitative estimate of drug-likeness (QED) is 0.584. The average Bonchev–Trinajstić information content (AvgIpc) is 3.01. The second kappa shape index (κ2) is 5.00. The Morgan fingerprint density at radius 1 is 1.18 bits per heavy atom. The van der Waals surface area contributed by atoms with Crippen LogP contribution in [0.5, 0.6) is 0 Å². The van der Waals surface area contributed by atoms with Crippen molar-refractivity contribution in [3.05, 3.63) is 58.2 Å². The average molecular weight is 331 g/mol. The fourth-order valence-corrected chi connectivity index (χ4v) is 3.12. The predicted molar refractivity (Wildman–Crippen MR) is 89.7 cm³/mol. The van der Waals surface area contributed by atoms with E-state index in [0.29, 0.717) is 16.6 Å². The van der Waals surface area contributed by atoms with E-state index in [1.54, 1.807) is 6.20 Å². The normalized spacial score (nSPS) is 11.6. The Morgan fingerprint density at radius 3 is 2.91 bits per heavy atom. The molecule has 0 aromatic carbocycles. The first-order chi connectivity index (χ1) is 10.6. The SMILES string of the molecule is Cc1cc2c(cn1)c(Cl)cn2Cc1ccc2c(Cl)c[nH]c2n1. The Balaban J connectivity index is 1.80. The van der Waals surface area contributed by atoms with Gasteiger partial charge in [0, 0.05) is 35.1 Å². The van der Waals surface area contributed by atoms with Crippen molar-refractivity contribution in [3.63, 3.8) is 0 Å². The Bertz CT molecular complexity index is 1000. The van der Waals surface area contributed by atoms with Crippen LogP contribution in [0.2, 0.25) is 10.0 Å². The number of fused-ring (bicyclic) bond motifs is 2. The molecule has 0 radical (unpaired) electrons. The van der Waals surface area contributed by atoms with Crippen molar-refractivity contribution in [2.24, 2.45) is 0 Å². The summed E-state index contributed by atoms with van der Waals surface area (Å²) in [5.41, 5.74) is 3.75. The molecule has 0 unspecified atom stereocenters. The number of nitrogens with one attached hydrogen (secondary N) is 1. The van der Waals surface area contributed by atoms with Crippen molar-refractivity contribution < 1.29 is 0 Å². The number of aryl methyl sites for hydroxylation is 1. The van der Waals surface area contributed by atoms with Crippen LogP contribution < -0.4 is 0 Å². The summed E-state index contributed by atoms with van der Waals surface area (Å²) in [6.07, 6.45) is 5.48. The minimum atomic E-state index is 0.638. The zero-order valence-electron chi connectivity index (χ0n) is 11.8. The maximum Gasteiger partial charge on any atom is 0.139 e. The van der Waals surface area contributed by atoms with E-state index in [9.17, 15) is 0 Å². The van der Waals surface area contributed by atoms with Gasteiger partial charge in [-0.25, -0.2) is 4.98 Å². The Labute approximate surface area is 136 Å². The fourth-order valence-electron chi connectivity index (χ4n) is 2.65. The van der Waals surface area contributed by atoms with Gasteiger partial charge in [-0.15, -0.1) is 0 Å². The molecule has 0 fully saturated rings. The molecule has 22 heavy (non-hydrogen) atoms. The highest BCUT2D eigenvalue weighted by Gasteiger charge is 2.10. The summed E-state index contributed by atoms with van der Waals surface area (Å²) in [6, 6.07) is 6.00. The molecule has 0 saturated carbocycles. The zero-order chi connectivity index (χ0) is 15.3. The van der Waals surface area contributed by atoms with Gasteiger partial charge in [-0.3, -0.25) is 4.98 Å². The number of H-pyrrole nitrogens is 1. The van der Waals surface area contributed by atoms with Gasteiger partial charge in [0.1, 0.15) is 5.65 Å². The summed E-state index contributed by atoms with van der Waals surface area (Å²) >= 11 is 12.4. The third-order valence-corrected chi connectivity index (χ3v) is 4.35. The van der Waals surface area contributed by atoms with E-state index >= 15 is 0 Å². The highest BCUT2D eigenvalue weighted by atomic mass is 35.5. The molecule has 110 valence electrons. The molecule has 0 amide bonds. The molecule has 1 N–H and O–H groups in total. The number of aromatic nitrogens is 4. The van der Waals surface area contributed by atoms with Crippen molar-refractivity contribution >= 4 is 45.1 Å². The van der Waals surface area contributed by atoms with Gasteiger partial charge >= 0.3 is 0 Å². The standard InChI is InChI=1S/C16H12Cl2N4/c1-9-4-15-12(5-19-9)14(18)8-22(15)7-10-2-3-11-13(17)6-20-16(11)21-10/h2-6,8H,7H2,1H3,(H,20,21). The smallest absolute Gasteiger partial charge is 0.139 e. The van der Waals surface area contributed by atoms with Crippen molar-refractivity contribution in [3.8, 4) is 0 Å². The first kappa shape index (κ1) is 13.6. The number of halogens is 2. The van der Waals surface area contributed by atoms with Crippen molar-refractivity contribution in [1.29, 1.82) is 0 Å². The van der Waals surface area contributed by atoms with E-state index < -0.39 is 0 Å². The van der Waals surface area contributed by atoms with E-state index in [1.165, 1.54) is 0 Å². The van der Waals surface area contributed by atoms with Crippen molar-refractivity contribution in [1.82, 2.24) is 19.5 Å². The number of hydrogen-bond donors (Lipinski definition) is 1. The summed E-state index contributed by atoms with van der Waals surface area (Å²) in [4.78, 5) is 12.0. The van der Waals surface area contributed by atoms with Gasteiger partial charge in [0.2, 0.25) is 0 Å². The second-order valence-corrected chi connectivity index (χ2v) is 6.10. The third kappa shape index (κ3) is 2.16. The van der Waals surface area contributed by atoms with Crippen LogP contribution in [0.25, 0.3) is 21.9 Å². The lowest BCUT2D eigenvalue weighted by molar-refractivity contribution is 0.810. The second-order valence-electron chi connectivity index (χ2n) is 5.28. The summed E-state index contributed by atoms with van der Waals surface area (Å²) in [5.74, 6) is 0. The number of rotatable bonds is 2. The van der Waals surface area contributed by atoms with Gasteiger partial charge in [0.05, 0.1) is 27.8 Å². The molecule has 0 atom stereocenters. The topological polar surface area (TPSA) is 46.5 Å². The Hall–Kier alpha value is -2.04. The van der Waals surface area contributed by atoms with Crippen LogP contribution in [0.1, 0.15) is 11.4 Å². The number of nitrogens with zero attached hydrogens (tertiary/aromatic N) is 3. The van der Waals surface area contributed by atoms with E-state index in [2.05, 4.69) is 19.5 Å². The van der Waals surface area contributed by atoms with Gasteiger partial charge in [-0.2, -0.15) is 0 Å². The largest absolute Gasteiger partial charge is 0.345 e. The van der Waals surface area contributed by atoms with Gasteiger partial charge in [-0.05, 0) is 25.1 Å². The monoisotopic (exact) mass is 330 g/mol. The summed E-state index contributed by atoms with van der Waals surface area (Å²) in [5, 5.41) is 3.27. The van der Waals surface area contributed by atoms with Crippen LogP contribution in [-0.2, 0) is 6.54 Å². The molecule has 0 spiro atoms. The number of hydrogen-bond acceptors (Lipinski definition) is 2. The van der Waals surface area contributed by atoms with Gasteiger partial charge in [0.25, 0.3) is 0 Å². The molecule has 6 heteroatoms. The molecule has 4 heterocycles. The van der Waals surface area contributed by atoms with Crippen LogP contribution in [0, 0.1) is 6.92 Å². The molecule has 0 aliphatic rings.